The molecule has 5 heteroatoms. The number of aliphatic hydroxyl groups is 1. The molecule has 0 saturated carbocycles. The number of nitrogens with one attached hydrogen (secondary N) is 1. The third-order valence-electron chi connectivity index (χ3n) is 3.31. The van der Waals surface area contributed by atoms with Crippen LogP contribution in [0.2, 0.25) is 0 Å². The maximum absolute atomic E-state index is 10.8. The van der Waals surface area contributed by atoms with Gasteiger partial charge in [-0.05, 0) is 28.5 Å². The molecule has 0 radical (unpaired) electrons. The summed E-state index contributed by atoms with van der Waals surface area (Å²) in [7, 11) is 1.61. The molecule has 0 aliphatic heterocycles. The summed E-state index contributed by atoms with van der Waals surface area (Å²) < 4.78 is 5.24. The maximum Gasteiger partial charge on any atom is 0.312 e. The number of nitrogens with two attached hydrogens (primary N) is 1. The summed E-state index contributed by atoms with van der Waals surface area (Å²) in [6, 6.07) is 11.0. The summed E-state index contributed by atoms with van der Waals surface area (Å²) >= 11 is 0. The highest BCUT2D eigenvalue weighted by molar-refractivity contribution is 5.87. The molecule has 20 heavy (non-hydrogen) atoms. The largest absolute Gasteiger partial charge is 0.497 e. The predicted octanol–water partition coefficient (Wildman–Crippen LogP) is 1.59. The first-order chi connectivity index (χ1) is 9.65. The van der Waals surface area contributed by atoms with Crippen LogP contribution in [-0.4, -0.2) is 31.4 Å². The fraction of sp³-hybridized carbons (Fsp3) is 0.267. The number of rotatable bonds is 5. The molecule has 0 fully saturated rings. The van der Waals surface area contributed by atoms with Crippen molar-refractivity contribution >= 4 is 16.8 Å². The van der Waals surface area contributed by atoms with Crippen molar-refractivity contribution < 1.29 is 14.6 Å². The Bertz CT molecular complexity index is 613. The van der Waals surface area contributed by atoms with Crippen LogP contribution < -0.4 is 15.8 Å². The van der Waals surface area contributed by atoms with E-state index in [0.717, 1.165) is 22.1 Å². The van der Waals surface area contributed by atoms with E-state index < -0.39 is 6.03 Å². The molecule has 0 bridgehead atoms. The van der Waals surface area contributed by atoms with Crippen molar-refractivity contribution in [3.05, 3.63) is 42.0 Å². The minimum atomic E-state index is -0.596. The van der Waals surface area contributed by atoms with E-state index in [4.69, 9.17) is 10.5 Å². The van der Waals surface area contributed by atoms with Gasteiger partial charge in [0.15, 0.2) is 0 Å². The highest BCUT2D eigenvalue weighted by Gasteiger charge is 2.14. The average Bonchev–Trinajstić information content (AvgIpc) is 2.47. The number of carbonyl (C=O) groups excluding carboxylic acids is 1. The number of ether oxygens (including phenoxy) is 1. The molecule has 2 aromatic rings. The molecule has 0 saturated heterocycles. The summed E-state index contributed by atoms with van der Waals surface area (Å²) in [5.74, 6) is 0.544. The van der Waals surface area contributed by atoms with Gasteiger partial charge in [0, 0.05) is 12.5 Å². The van der Waals surface area contributed by atoms with Gasteiger partial charge in [-0.15, -0.1) is 0 Å². The van der Waals surface area contributed by atoms with Crippen molar-refractivity contribution in [2.45, 2.75) is 5.92 Å². The van der Waals surface area contributed by atoms with E-state index in [-0.39, 0.29) is 12.5 Å². The fourth-order valence-corrected chi connectivity index (χ4v) is 2.26. The molecular formula is C15H18N2O3. The Kier molecular flexibility index (Phi) is 4.42. The van der Waals surface area contributed by atoms with Gasteiger partial charge in [0.05, 0.1) is 13.7 Å². The predicted molar refractivity (Wildman–Crippen MR) is 77.9 cm³/mol. The third kappa shape index (κ3) is 3.00. The van der Waals surface area contributed by atoms with E-state index in [1.54, 1.807) is 7.11 Å². The SMILES string of the molecule is COc1ccc2cccc(C(CO)CNC(N)=O)c2c1. The standard InChI is InChI=1S/C15H18N2O3/c1-20-12-6-5-10-3-2-4-13(14(10)7-12)11(9-18)8-17-15(16)19/h2-7,11,18H,8-9H2,1H3,(H3,16,17,19). The van der Waals surface area contributed by atoms with Gasteiger partial charge in [0.2, 0.25) is 0 Å². The number of hydrogen-bond donors (Lipinski definition) is 3. The Morgan fingerprint density at radius 2 is 2.20 bits per heavy atom. The number of carbonyl (C=O) groups is 1. The number of fused-ring (bicyclic) bond motifs is 1. The number of benzene rings is 2. The first-order valence-electron chi connectivity index (χ1n) is 6.36. The molecule has 0 aliphatic rings. The number of aliphatic hydroxyl groups excluding tert-OH is 1. The Morgan fingerprint density at radius 1 is 1.40 bits per heavy atom. The van der Waals surface area contributed by atoms with E-state index in [1.165, 1.54) is 0 Å². The van der Waals surface area contributed by atoms with Gasteiger partial charge in [0.25, 0.3) is 0 Å². The summed E-state index contributed by atoms with van der Waals surface area (Å²) in [6.45, 7) is 0.221. The molecule has 0 spiro atoms. The van der Waals surface area contributed by atoms with Crippen LogP contribution in [0.4, 0.5) is 4.79 Å². The maximum atomic E-state index is 10.8. The third-order valence-corrected chi connectivity index (χ3v) is 3.31. The molecule has 5 nitrogen and oxygen atoms in total. The van der Waals surface area contributed by atoms with Gasteiger partial charge >= 0.3 is 6.03 Å². The van der Waals surface area contributed by atoms with Crippen LogP contribution >= 0.6 is 0 Å². The smallest absolute Gasteiger partial charge is 0.312 e. The van der Waals surface area contributed by atoms with Crippen LogP contribution in [0.15, 0.2) is 36.4 Å². The van der Waals surface area contributed by atoms with Crippen LogP contribution in [0.25, 0.3) is 10.8 Å². The number of methoxy groups -OCH3 is 1. The van der Waals surface area contributed by atoms with E-state index in [0.29, 0.717) is 6.54 Å². The second-order valence-corrected chi connectivity index (χ2v) is 4.56. The molecule has 2 rings (SSSR count). The van der Waals surface area contributed by atoms with Gasteiger partial charge in [-0.25, -0.2) is 4.79 Å². The van der Waals surface area contributed by atoms with Crippen molar-refractivity contribution in [1.82, 2.24) is 5.32 Å². The van der Waals surface area contributed by atoms with Gasteiger partial charge in [-0.1, -0.05) is 24.3 Å². The zero-order valence-electron chi connectivity index (χ0n) is 11.3. The van der Waals surface area contributed by atoms with Crippen molar-refractivity contribution in [1.29, 1.82) is 0 Å². The minimum Gasteiger partial charge on any atom is -0.497 e. The van der Waals surface area contributed by atoms with Crippen molar-refractivity contribution in [2.24, 2.45) is 5.73 Å². The Labute approximate surface area is 117 Å². The van der Waals surface area contributed by atoms with E-state index >= 15 is 0 Å². The fourth-order valence-electron chi connectivity index (χ4n) is 2.26. The van der Waals surface area contributed by atoms with Crippen LogP contribution in [-0.2, 0) is 0 Å². The second kappa shape index (κ2) is 6.25. The van der Waals surface area contributed by atoms with Gasteiger partial charge in [-0.3, -0.25) is 0 Å². The summed E-state index contributed by atoms with van der Waals surface area (Å²) in [5, 5.41) is 14.1. The molecule has 1 atom stereocenters. The molecule has 1 unspecified atom stereocenters. The Balaban J connectivity index is 2.42. The molecular weight excluding hydrogens is 256 g/mol. The van der Waals surface area contributed by atoms with Crippen LogP contribution in [0.3, 0.4) is 0 Å². The lowest BCUT2D eigenvalue weighted by atomic mass is 9.93. The van der Waals surface area contributed by atoms with E-state index in [1.807, 2.05) is 36.4 Å². The van der Waals surface area contributed by atoms with E-state index in [9.17, 15) is 9.90 Å². The zero-order chi connectivity index (χ0) is 14.5. The number of hydrogen-bond acceptors (Lipinski definition) is 3. The molecule has 0 aliphatic carbocycles. The molecule has 0 heterocycles. The quantitative estimate of drug-likeness (QED) is 0.774. The highest BCUT2D eigenvalue weighted by atomic mass is 16.5. The zero-order valence-corrected chi connectivity index (χ0v) is 11.3. The lowest BCUT2D eigenvalue weighted by Crippen LogP contribution is -2.34. The summed E-state index contributed by atoms with van der Waals surface area (Å²) in [6.07, 6.45) is 0. The minimum absolute atomic E-state index is 0.0728. The first kappa shape index (κ1) is 14.1. The molecule has 2 amide bonds. The van der Waals surface area contributed by atoms with Gasteiger partial charge in [0.1, 0.15) is 5.75 Å². The Hall–Kier alpha value is -2.27. The first-order valence-corrected chi connectivity index (χ1v) is 6.36. The number of primary amides is 1. The monoisotopic (exact) mass is 274 g/mol. The van der Waals surface area contributed by atoms with Crippen LogP contribution in [0, 0.1) is 0 Å². The van der Waals surface area contributed by atoms with Gasteiger partial charge < -0.3 is 20.9 Å². The molecule has 2 aromatic carbocycles. The second-order valence-electron chi connectivity index (χ2n) is 4.56. The van der Waals surface area contributed by atoms with Crippen molar-refractivity contribution in [2.75, 3.05) is 20.3 Å². The van der Waals surface area contributed by atoms with Crippen LogP contribution in [0.1, 0.15) is 11.5 Å². The highest BCUT2D eigenvalue weighted by Crippen LogP contribution is 2.28. The summed E-state index contributed by atoms with van der Waals surface area (Å²) in [5.41, 5.74) is 6.04. The van der Waals surface area contributed by atoms with Crippen LogP contribution in [0.5, 0.6) is 5.75 Å². The van der Waals surface area contributed by atoms with Crippen molar-refractivity contribution in [3.8, 4) is 5.75 Å². The number of amides is 2. The molecule has 0 aromatic heterocycles. The average molecular weight is 274 g/mol. The summed E-state index contributed by atoms with van der Waals surface area (Å²) in [4.78, 5) is 10.8. The molecule has 106 valence electrons. The number of urea groups is 1. The lowest BCUT2D eigenvalue weighted by Gasteiger charge is -2.17. The molecule has 4 N–H and O–H groups in total. The topological polar surface area (TPSA) is 84.6 Å². The Morgan fingerprint density at radius 3 is 2.85 bits per heavy atom. The lowest BCUT2D eigenvalue weighted by molar-refractivity contribution is 0.240. The van der Waals surface area contributed by atoms with Crippen molar-refractivity contribution in [3.63, 3.8) is 0 Å². The van der Waals surface area contributed by atoms with Gasteiger partial charge in [-0.2, -0.15) is 0 Å². The normalized spacial score (nSPS) is 12.1. The van der Waals surface area contributed by atoms with E-state index in [2.05, 4.69) is 5.32 Å².